The number of rotatable bonds is 4. The van der Waals surface area contributed by atoms with Crippen LogP contribution in [0.25, 0.3) is 33.3 Å². The summed E-state index contributed by atoms with van der Waals surface area (Å²) in [7, 11) is -2.40. The van der Waals surface area contributed by atoms with Crippen LogP contribution in [0.15, 0.2) is 59.8 Å². The molecule has 1 aromatic heterocycles. The minimum atomic E-state index is -3.70. The maximum Gasteiger partial charge on any atom is 0.337 e. The van der Waals surface area contributed by atoms with Gasteiger partial charge in [0.05, 0.1) is 23.8 Å². The van der Waals surface area contributed by atoms with Gasteiger partial charge in [0.1, 0.15) is 11.3 Å². The van der Waals surface area contributed by atoms with E-state index in [9.17, 15) is 17.6 Å². The predicted octanol–water partition coefficient (Wildman–Crippen LogP) is 4.37. The molecule has 0 aliphatic heterocycles. The summed E-state index contributed by atoms with van der Waals surface area (Å²) in [6.45, 7) is 0. The van der Waals surface area contributed by atoms with Crippen molar-refractivity contribution in [2.45, 2.75) is 5.16 Å². The Morgan fingerprint density at radius 2 is 1.52 bits per heavy atom. The largest absolute Gasteiger partial charge is 0.465 e. The van der Waals surface area contributed by atoms with Crippen LogP contribution in [0, 0.1) is 11.6 Å². The van der Waals surface area contributed by atoms with Crippen molar-refractivity contribution in [1.82, 2.24) is 9.97 Å². The molecule has 1 heterocycles. The second-order valence-electron chi connectivity index (χ2n) is 6.90. The molecular formula is C22H16F2N2O4S. The van der Waals surface area contributed by atoms with E-state index in [4.69, 9.17) is 0 Å². The molecular weight excluding hydrogens is 426 g/mol. The molecule has 3 aromatic carbocycles. The van der Waals surface area contributed by atoms with Crippen LogP contribution < -0.4 is 0 Å². The Kier molecular flexibility index (Phi) is 5.06. The van der Waals surface area contributed by atoms with Crippen molar-refractivity contribution in [3.8, 4) is 22.3 Å². The van der Waals surface area contributed by atoms with Crippen molar-refractivity contribution in [3.05, 3.63) is 71.8 Å². The molecule has 0 aliphatic carbocycles. The molecule has 0 bridgehead atoms. The van der Waals surface area contributed by atoms with E-state index in [-0.39, 0.29) is 22.2 Å². The van der Waals surface area contributed by atoms with Crippen molar-refractivity contribution in [2.24, 2.45) is 0 Å². The summed E-state index contributed by atoms with van der Waals surface area (Å²) in [5.41, 5.74) is 1.68. The Morgan fingerprint density at radius 3 is 2.06 bits per heavy atom. The van der Waals surface area contributed by atoms with Crippen LogP contribution in [-0.4, -0.2) is 37.7 Å². The molecule has 0 atom stereocenters. The third-order valence-corrected chi connectivity index (χ3v) is 5.71. The van der Waals surface area contributed by atoms with E-state index in [1.165, 1.54) is 7.11 Å². The number of sulfone groups is 1. The number of carbonyl (C=O) groups excluding carboxylic acids is 1. The fourth-order valence-electron chi connectivity index (χ4n) is 3.24. The molecule has 31 heavy (non-hydrogen) atoms. The van der Waals surface area contributed by atoms with Crippen molar-refractivity contribution >= 4 is 26.8 Å². The Labute approximate surface area is 176 Å². The average molecular weight is 442 g/mol. The Hall–Kier alpha value is -3.59. The van der Waals surface area contributed by atoms with Gasteiger partial charge in [0.15, 0.2) is 5.82 Å². The Bertz CT molecular complexity index is 1410. The molecule has 0 aliphatic rings. The van der Waals surface area contributed by atoms with Crippen molar-refractivity contribution < 1.29 is 26.7 Å². The van der Waals surface area contributed by atoms with E-state index in [0.29, 0.717) is 5.56 Å². The quantitative estimate of drug-likeness (QED) is 0.474. The topological polar surface area (TPSA) is 89.1 Å². The molecule has 158 valence electrons. The van der Waals surface area contributed by atoms with E-state index in [1.54, 1.807) is 48.5 Å². The highest BCUT2D eigenvalue weighted by molar-refractivity contribution is 7.90. The third kappa shape index (κ3) is 3.79. The number of benzene rings is 3. The number of methoxy groups -OCH3 is 1. The number of hydrogen-bond donors (Lipinski definition) is 1. The van der Waals surface area contributed by atoms with Crippen LogP contribution in [0.2, 0.25) is 0 Å². The van der Waals surface area contributed by atoms with E-state index in [1.807, 2.05) is 0 Å². The molecule has 4 aromatic rings. The molecule has 4 rings (SSSR count). The standard InChI is InChI=1S/C22H16F2N2O4S/c1-30-21(27)15-9-5-13(6-10-15)12-3-7-14(8-4-12)18-16(23)11-17-20(19(18)24)26-22(25-17)31(2,28)29/h3-11H,1-2H3,(H,25,26). The maximum absolute atomic E-state index is 15.0. The van der Waals surface area contributed by atoms with Gasteiger partial charge in [-0.05, 0) is 28.8 Å². The minimum Gasteiger partial charge on any atom is -0.465 e. The van der Waals surface area contributed by atoms with Gasteiger partial charge < -0.3 is 9.72 Å². The highest BCUT2D eigenvalue weighted by atomic mass is 32.2. The van der Waals surface area contributed by atoms with Crippen LogP contribution in [0.3, 0.4) is 0 Å². The SMILES string of the molecule is COC(=O)c1ccc(-c2ccc(-c3c(F)cc4[nH]c(S(C)(=O)=O)nc4c3F)cc2)cc1. The average Bonchev–Trinajstić information content (AvgIpc) is 3.19. The molecule has 0 spiro atoms. The lowest BCUT2D eigenvalue weighted by Gasteiger charge is -2.08. The Morgan fingerprint density at radius 1 is 0.968 bits per heavy atom. The van der Waals surface area contributed by atoms with Crippen molar-refractivity contribution in [3.63, 3.8) is 0 Å². The zero-order valence-electron chi connectivity index (χ0n) is 16.4. The number of imidazole rings is 1. The van der Waals surface area contributed by atoms with E-state index in [2.05, 4.69) is 14.7 Å². The van der Waals surface area contributed by atoms with Gasteiger partial charge in [-0.15, -0.1) is 0 Å². The van der Waals surface area contributed by atoms with Crippen LogP contribution in [0.1, 0.15) is 10.4 Å². The first-order valence-corrected chi connectivity index (χ1v) is 10.9. The van der Waals surface area contributed by atoms with Gasteiger partial charge in [-0.1, -0.05) is 36.4 Å². The number of H-pyrrole nitrogens is 1. The van der Waals surface area contributed by atoms with Gasteiger partial charge in [0, 0.05) is 12.3 Å². The number of aromatic amines is 1. The second-order valence-corrected chi connectivity index (χ2v) is 8.83. The number of fused-ring (bicyclic) bond motifs is 1. The van der Waals surface area contributed by atoms with Crippen molar-refractivity contribution in [1.29, 1.82) is 0 Å². The van der Waals surface area contributed by atoms with Gasteiger partial charge in [-0.3, -0.25) is 0 Å². The molecule has 9 heteroatoms. The summed E-state index contributed by atoms with van der Waals surface area (Å²) in [4.78, 5) is 17.8. The lowest BCUT2D eigenvalue weighted by atomic mass is 9.98. The summed E-state index contributed by atoms with van der Waals surface area (Å²) >= 11 is 0. The first kappa shape index (κ1) is 20.7. The summed E-state index contributed by atoms with van der Waals surface area (Å²) in [5, 5.41) is -0.427. The van der Waals surface area contributed by atoms with Gasteiger partial charge >= 0.3 is 5.97 Å². The smallest absolute Gasteiger partial charge is 0.337 e. The predicted molar refractivity (Wildman–Crippen MR) is 111 cm³/mol. The fraction of sp³-hybridized carbons (Fsp3) is 0.0909. The summed E-state index contributed by atoms with van der Waals surface area (Å²) < 4.78 is 57.7. The highest BCUT2D eigenvalue weighted by Crippen LogP contribution is 2.33. The van der Waals surface area contributed by atoms with Gasteiger partial charge in [0.25, 0.3) is 0 Å². The molecule has 0 saturated heterocycles. The summed E-state index contributed by atoms with van der Waals surface area (Å²) in [5.74, 6) is -2.24. The van der Waals surface area contributed by atoms with Gasteiger partial charge in [-0.2, -0.15) is 0 Å². The summed E-state index contributed by atoms with van der Waals surface area (Å²) in [6.07, 6.45) is 0.927. The molecule has 0 fully saturated rings. The molecule has 0 amide bonds. The zero-order valence-corrected chi connectivity index (χ0v) is 17.3. The number of halogens is 2. The number of hydrogen-bond acceptors (Lipinski definition) is 5. The fourth-order valence-corrected chi connectivity index (χ4v) is 3.80. The van der Waals surface area contributed by atoms with Gasteiger partial charge in [-0.25, -0.2) is 27.0 Å². The van der Waals surface area contributed by atoms with E-state index < -0.39 is 32.6 Å². The Balaban J connectivity index is 1.73. The van der Waals surface area contributed by atoms with E-state index in [0.717, 1.165) is 23.4 Å². The summed E-state index contributed by atoms with van der Waals surface area (Å²) in [6, 6.07) is 14.3. The van der Waals surface area contributed by atoms with Crippen LogP contribution >= 0.6 is 0 Å². The van der Waals surface area contributed by atoms with Crippen LogP contribution in [0.5, 0.6) is 0 Å². The first-order chi connectivity index (χ1) is 14.7. The molecule has 0 unspecified atom stereocenters. The molecule has 6 nitrogen and oxygen atoms in total. The zero-order chi connectivity index (χ0) is 22.3. The minimum absolute atomic E-state index is 0.0403. The molecule has 0 saturated carbocycles. The number of nitrogens with zero attached hydrogens (tertiary/aromatic N) is 1. The second kappa shape index (κ2) is 7.59. The normalized spacial score (nSPS) is 11.6. The molecule has 1 N–H and O–H groups in total. The lowest BCUT2D eigenvalue weighted by Crippen LogP contribution is -2.00. The maximum atomic E-state index is 15.0. The van der Waals surface area contributed by atoms with Crippen molar-refractivity contribution in [2.75, 3.05) is 13.4 Å². The monoisotopic (exact) mass is 442 g/mol. The van der Waals surface area contributed by atoms with E-state index >= 15 is 4.39 Å². The number of nitrogens with one attached hydrogen (secondary N) is 1. The van der Waals surface area contributed by atoms with Gasteiger partial charge in [0.2, 0.25) is 15.0 Å². The highest BCUT2D eigenvalue weighted by Gasteiger charge is 2.21. The molecule has 0 radical (unpaired) electrons. The lowest BCUT2D eigenvalue weighted by molar-refractivity contribution is 0.0600. The third-order valence-electron chi connectivity index (χ3n) is 4.81. The first-order valence-electron chi connectivity index (χ1n) is 9.06. The number of ether oxygens (including phenoxy) is 1. The van der Waals surface area contributed by atoms with Crippen LogP contribution in [-0.2, 0) is 14.6 Å². The van der Waals surface area contributed by atoms with Crippen LogP contribution in [0.4, 0.5) is 8.78 Å². The number of esters is 1. The number of aromatic nitrogens is 2. The number of carbonyl (C=O) groups is 1.